The lowest BCUT2D eigenvalue weighted by Gasteiger charge is -2.25. The maximum Gasteiger partial charge on any atom is 0.185 e. The van der Waals surface area contributed by atoms with Crippen LogP contribution >= 0.6 is 0 Å². The van der Waals surface area contributed by atoms with Crippen molar-refractivity contribution in [3.05, 3.63) is 154 Å². The summed E-state index contributed by atoms with van der Waals surface area (Å²) in [4.78, 5) is 43.3. The molecule has 0 unspecified atom stereocenters. The molecule has 76 heavy (non-hydrogen) atoms. The monoisotopic (exact) mass is 1040 g/mol. The molecule has 0 aromatic heterocycles. The van der Waals surface area contributed by atoms with Gasteiger partial charge in [-0.25, -0.2) is 9.98 Å². The highest BCUT2D eigenvalue weighted by molar-refractivity contribution is 6.23. The summed E-state index contributed by atoms with van der Waals surface area (Å²) in [5.41, 5.74) is 8.38. The predicted octanol–water partition coefficient (Wildman–Crippen LogP) is 7.17. The number of fused-ring (bicyclic) bond motifs is 8. The molecule has 9 rings (SSSR count). The first-order valence-corrected chi connectivity index (χ1v) is 26.3. The Morgan fingerprint density at radius 1 is 0.342 bits per heavy atom. The van der Waals surface area contributed by atoms with Crippen molar-refractivity contribution in [2.45, 2.75) is 25.7 Å². The molecule has 2 saturated heterocycles. The fourth-order valence-electron chi connectivity index (χ4n) is 9.54. The zero-order chi connectivity index (χ0) is 52.3. The van der Waals surface area contributed by atoms with Gasteiger partial charge in [-0.05, 0) is 95.1 Å². The molecule has 2 aliphatic heterocycles. The summed E-state index contributed by atoms with van der Waals surface area (Å²) in [6, 6.07) is 26.7. The van der Waals surface area contributed by atoms with Gasteiger partial charge in [0.2, 0.25) is 0 Å². The normalized spacial score (nSPS) is 19.8. The number of nitrogens with zero attached hydrogens (tertiary/aromatic N) is 4. The number of allylic oxidation sites excluding steroid dienone is 8. The summed E-state index contributed by atoms with van der Waals surface area (Å²) in [5.74, 6) is -0.375. The standard InChI is InChI=1S/C60H68N4O12/c65-57-43-3-1-4-44(57)36-48-40-54(62-52-9-13-56(14-10-52)64-17-21-71-25-29-75-33-34-76-30-26-72-22-18-64)42-50(60(48)68)38-46-6-2-5-45(58(46)66)37-49-41-53(39-47(35-43)59(49)67)61-51-7-11-55(12-8-51)63-15-19-69-23-27-73-31-32-74-28-24-70-20-16-63/h1-14,39-42,65-66H,15-38H2. The van der Waals surface area contributed by atoms with Gasteiger partial charge in [0.15, 0.2) is 11.6 Å². The van der Waals surface area contributed by atoms with Gasteiger partial charge in [0, 0.05) is 85.5 Å². The van der Waals surface area contributed by atoms with Crippen molar-refractivity contribution in [2.75, 3.05) is 142 Å². The molecule has 16 nitrogen and oxygen atoms in total. The van der Waals surface area contributed by atoms with Crippen LogP contribution in [-0.4, -0.2) is 165 Å². The average Bonchev–Trinajstić information content (AvgIpc) is 3.44. The van der Waals surface area contributed by atoms with Crippen LogP contribution in [0.5, 0.6) is 11.5 Å². The van der Waals surface area contributed by atoms with Gasteiger partial charge in [0.25, 0.3) is 0 Å². The number of phenolic OH excluding ortho intramolecular Hbond substituents is 2. The molecule has 4 aromatic carbocycles. The van der Waals surface area contributed by atoms with E-state index in [1.807, 2.05) is 60.7 Å². The second-order valence-corrected chi connectivity index (χ2v) is 18.9. The Labute approximate surface area is 444 Å². The molecule has 400 valence electrons. The quantitative estimate of drug-likeness (QED) is 0.197. The Bertz CT molecular complexity index is 2500. The molecule has 4 aromatic rings. The SMILES string of the molecule is O=C1C2=CC(=Nc3ccc(N4CCOCCOCCOCCOCC4)cc3)C=C1Cc1cccc(c1O)CC1=CC(=Nc3ccc(N4CCOCCOCCOCCOCC4)cc3)C=C(Cc3cccc(c3O)C2)C1=O. The van der Waals surface area contributed by atoms with E-state index in [4.69, 9.17) is 47.9 Å². The zero-order valence-corrected chi connectivity index (χ0v) is 43.1. The summed E-state index contributed by atoms with van der Waals surface area (Å²) in [6.45, 7) is 10.9. The summed E-state index contributed by atoms with van der Waals surface area (Å²) in [6.07, 6.45) is 7.53. The molecule has 2 N–H and O–H groups in total. The third-order valence-corrected chi connectivity index (χ3v) is 13.6. The van der Waals surface area contributed by atoms with Crippen LogP contribution in [0.1, 0.15) is 22.3 Å². The van der Waals surface area contributed by atoms with Gasteiger partial charge in [-0.3, -0.25) is 9.59 Å². The number of phenols is 2. The molecule has 0 saturated carbocycles. The molecule has 0 amide bonds. The molecule has 5 aliphatic rings. The first-order valence-electron chi connectivity index (χ1n) is 26.3. The van der Waals surface area contributed by atoms with Gasteiger partial charge < -0.3 is 57.9 Å². The van der Waals surface area contributed by atoms with Crippen LogP contribution in [0.2, 0.25) is 0 Å². The van der Waals surface area contributed by atoms with Crippen LogP contribution in [0, 0.1) is 0 Å². The van der Waals surface area contributed by atoms with E-state index in [-0.39, 0.29) is 48.7 Å². The number of hydrogen-bond acceptors (Lipinski definition) is 16. The van der Waals surface area contributed by atoms with Crippen molar-refractivity contribution in [1.29, 1.82) is 0 Å². The van der Waals surface area contributed by atoms with E-state index in [1.165, 1.54) is 0 Å². The van der Waals surface area contributed by atoms with Gasteiger partial charge in [-0.1, -0.05) is 36.4 Å². The number of rotatable bonds is 4. The largest absolute Gasteiger partial charge is 0.507 e. The minimum atomic E-state index is -0.198. The Morgan fingerprint density at radius 3 is 0.855 bits per heavy atom. The smallest absolute Gasteiger partial charge is 0.185 e. The number of hydrogen-bond donors (Lipinski definition) is 2. The number of carbonyl (C=O) groups excluding carboxylic acids is 2. The summed E-state index contributed by atoms with van der Waals surface area (Å²) in [5, 5.41) is 23.8. The Kier molecular flexibility index (Phi) is 19.9. The maximum absolute atomic E-state index is 14.4. The number of para-hydroxylation sites is 2. The maximum atomic E-state index is 14.4. The van der Waals surface area contributed by atoms with Crippen LogP contribution in [0.15, 0.2) is 142 Å². The van der Waals surface area contributed by atoms with E-state index in [0.717, 1.165) is 11.4 Å². The molecule has 8 bridgehead atoms. The molecule has 2 heterocycles. The molecule has 0 spiro atoms. The van der Waals surface area contributed by atoms with Crippen molar-refractivity contribution < 1.29 is 57.7 Å². The van der Waals surface area contributed by atoms with Crippen molar-refractivity contribution >= 4 is 45.7 Å². The van der Waals surface area contributed by atoms with Gasteiger partial charge in [0.1, 0.15) is 11.5 Å². The van der Waals surface area contributed by atoms with E-state index >= 15 is 0 Å². The second-order valence-electron chi connectivity index (χ2n) is 18.9. The van der Waals surface area contributed by atoms with Crippen molar-refractivity contribution in [1.82, 2.24) is 0 Å². The van der Waals surface area contributed by atoms with Crippen LogP contribution in [0.3, 0.4) is 0 Å². The van der Waals surface area contributed by atoms with E-state index in [9.17, 15) is 19.8 Å². The van der Waals surface area contributed by atoms with Gasteiger partial charge in [0.05, 0.1) is 129 Å². The highest BCUT2D eigenvalue weighted by Crippen LogP contribution is 2.35. The Balaban J connectivity index is 0.973. The highest BCUT2D eigenvalue weighted by atomic mass is 16.6. The van der Waals surface area contributed by atoms with Crippen molar-refractivity contribution in [3.8, 4) is 11.5 Å². The molecule has 3 aliphatic carbocycles. The number of ether oxygens (including phenoxy) is 8. The lowest BCUT2D eigenvalue weighted by atomic mass is 9.84. The number of aromatic hydroxyl groups is 2. The fourth-order valence-corrected chi connectivity index (χ4v) is 9.54. The topological polar surface area (TPSA) is 180 Å². The van der Waals surface area contributed by atoms with E-state index in [0.29, 0.717) is 199 Å². The fraction of sp³-hybridized carbons (Fsp3) is 0.400. The number of anilines is 2. The summed E-state index contributed by atoms with van der Waals surface area (Å²) >= 11 is 0. The predicted molar refractivity (Wildman–Crippen MR) is 291 cm³/mol. The minimum Gasteiger partial charge on any atom is -0.507 e. The van der Waals surface area contributed by atoms with Gasteiger partial charge in [-0.15, -0.1) is 0 Å². The van der Waals surface area contributed by atoms with E-state index < -0.39 is 0 Å². The molecular weight excluding hydrogens is 969 g/mol. The average molecular weight is 1040 g/mol. The minimum absolute atomic E-state index is 0.0108. The van der Waals surface area contributed by atoms with Crippen LogP contribution in [-0.2, 0) is 73.2 Å². The van der Waals surface area contributed by atoms with Crippen molar-refractivity contribution in [3.63, 3.8) is 0 Å². The third-order valence-electron chi connectivity index (χ3n) is 13.6. The van der Waals surface area contributed by atoms with Crippen molar-refractivity contribution in [2.24, 2.45) is 9.98 Å². The van der Waals surface area contributed by atoms with Gasteiger partial charge in [-0.2, -0.15) is 0 Å². The van der Waals surface area contributed by atoms with E-state index in [1.54, 1.807) is 48.6 Å². The summed E-state index contributed by atoms with van der Waals surface area (Å²) < 4.78 is 45.7. The number of ketones is 2. The lowest BCUT2D eigenvalue weighted by Crippen LogP contribution is -2.31. The molecule has 0 radical (unpaired) electrons. The van der Waals surface area contributed by atoms with E-state index in [2.05, 4.69) is 9.80 Å². The molecule has 0 atom stereocenters. The van der Waals surface area contributed by atoms with Crippen LogP contribution in [0.25, 0.3) is 0 Å². The Hall–Kier alpha value is -6.60. The van der Waals surface area contributed by atoms with Gasteiger partial charge >= 0.3 is 0 Å². The third kappa shape index (κ3) is 15.3. The first kappa shape index (κ1) is 54.2. The zero-order valence-electron chi connectivity index (χ0n) is 43.1. The number of aliphatic imine (C=N–C) groups is 2. The molecule has 16 heteroatoms. The molecular formula is C60H68N4O12. The summed E-state index contributed by atoms with van der Waals surface area (Å²) in [7, 11) is 0. The Morgan fingerprint density at radius 2 is 0.592 bits per heavy atom. The highest BCUT2D eigenvalue weighted by Gasteiger charge is 2.28. The van der Waals surface area contributed by atoms with Crippen LogP contribution < -0.4 is 9.80 Å². The number of carbonyl (C=O) groups is 2. The lowest BCUT2D eigenvalue weighted by molar-refractivity contribution is -0.113. The van der Waals surface area contributed by atoms with Crippen LogP contribution in [0.4, 0.5) is 22.7 Å². The first-order chi connectivity index (χ1) is 37.3. The molecule has 2 fully saturated rings. The number of Topliss-reactive ketones (excluding diaryl/α,β-unsaturated/α-hetero) is 2. The second kappa shape index (κ2) is 28.0. The number of benzene rings is 4.